The van der Waals surface area contributed by atoms with Crippen molar-refractivity contribution in [1.82, 2.24) is 0 Å². The summed E-state index contributed by atoms with van der Waals surface area (Å²) in [5.41, 5.74) is -0.316. The number of benzene rings is 1. The summed E-state index contributed by atoms with van der Waals surface area (Å²) in [6.45, 7) is 12.8. The largest absolute Gasteiger partial charge is 0.508 e. The third kappa shape index (κ3) is 3.00. The number of hydrogen-bond donors (Lipinski definition) is 3. The second kappa shape index (κ2) is 6.97. The van der Waals surface area contributed by atoms with E-state index in [2.05, 4.69) is 34.6 Å². The molecule has 4 heteroatoms. The highest BCUT2D eigenvalue weighted by atomic mass is 16.3. The van der Waals surface area contributed by atoms with Gasteiger partial charge in [0.15, 0.2) is 0 Å². The number of aromatic hydroxyl groups is 2. The maximum absolute atomic E-state index is 12.8. The molecule has 3 fully saturated rings. The normalized spacial score (nSPS) is 42.0. The van der Waals surface area contributed by atoms with Gasteiger partial charge >= 0.3 is 0 Å². The lowest BCUT2D eigenvalue weighted by molar-refractivity contribution is -0.238. The van der Waals surface area contributed by atoms with Gasteiger partial charge in [0.2, 0.25) is 0 Å². The molecule has 0 aliphatic heterocycles. The molecular formula is C27H40O4. The van der Waals surface area contributed by atoms with Crippen LogP contribution >= 0.6 is 0 Å². The Balaban J connectivity index is 1.77. The van der Waals surface area contributed by atoms with E-state index in [0.717, 1.165) is 32.1 Å². The highest BCUT2D eigenvalue weighted by molar-refractivity contribution is 5.85. The third-order valence-electron chi connectivity index (χ3n) is 10.3. The number of carbonyl (C=O) groups excluding carboxylic acids is 1. The van der Waals surface area contributed by atoms with Crippen molar-refractivity contribution in [2.45, 2.75) is 92.1 Å². The van der Waals surface area contributed by atoms with E-state index in [9.17, 15) is 20.1 Å². The average Bonchev–Trinajstić information content (AvgIpc) is 2.67. The summed E-state index contributed by atoms with van der Waals surface area (Å²) in [6, 6.07) is 3.17. The van der Waals surface area contributed by atoms with Crippen LogP contribution in [0.1, 0.15) is 84.3 Å². The molecule has 31 heavy (non-hydrogen) atoms. The van der Waals surface area contributed by atoms with Crippen molar-refractivity contribution in [2.75, 3.05) is 0 Å². The Hall–Kier alpha value is -1.55. The molecule has 0 amide bonds. The number of hydrogen-bond acceptors (Lipinski definition) is 4. The standard InChI is InChI=1S/C27H40O4/c1-16-13-19(28)14-18(23(16)30)15-27(31)17(2)7-8-21-25(5)11-10-22(29)24(3,4)20(25)9-12-26(21,27)6/h13-14,17,20-21,28,30-31H,7-12,15H2,1-6H3/t17-,20-,21+,25-,26+,27+/m0/s1. The Labute approximate surface area is 187 Å². The number of phenols is 2. The number of rotatable bonds is 2. The number of aryl methyl sites for hydroxylation is 1. The van der Waals surface area contributed by atoms with Crippen LogP contribution in [0.25, 0.3) is 0 Å². The first-order valence-corrected chi connectivity index (χ1v) is 12.0. The van der Waals surface area contributed by atoms with E-state index in [1.807, 2.05) is 0 Å². The minimum atomic E-state index is -0.979. The lowest BCUT2D eigenvalue weighted by atomic mass is 9.37. The zero-order valence-corrected chi connectivity index (χ0v) is 20.1. The van der Waals surface area contributed by atoms with E-state index >= 15 is 0 Å². The smallest absolute Gasteiger partial charge is 0.138 e. The molecule has 3 aliphatic rings. The van der Waals surface area contributed by atoms with Crippen molar-refractivity contribution in [3.05, 3.63) is 23.3 Å². The molecule has 0 radical (unpaired) electrons. The van der Waals surface area contributed by atoms with Crippen LogP contribution < -0.4 is 0 Å². The Morgan fingerprint density at radius 2 is 1.68 bits per heavy atom. The number of phenolic OH excluding ortho intramolecular Hbond substituents is 2. The third-order valence-corrected chi connectivity index (χ3v) is 10.3. The predicted molar refractivity (Wildman–Crippen MR) is 122 cm³/mol. The SMILES string of the molecule is Cc1cc(O)cc(C[C@@]2(O)[C@@H](C)CC[C@@H]3[C@@]4(C)CCC(=O)C(C)(C)[C@@H]4CC[C@]32C)c1O. The van der Waals surface area contributed by atoms with Gasteiger partial charge < -0.3 is 15.3 Å². The molecule has 0 unspecified atom stereocenters. The zero-order valence-electron chi connectivity index (χ0n) is 20.1. The van der Waals surface area contributed by atoms with Crippen molar-refractivity contribution < 1.29 is 20.1 Å². The van der Waals surface area contributed by atoms with Crippen LogP contribution in [0.15, 0.2) is 12.1 Å². The minimum Gasteiger partial charge on any atom is -0.508 e. The first kappa shape index (κ1) is 22.6. The van der Waals surface area contributed by atoms with Crippen LogP contribution in [0, 0.1) is 40.9 Å². The molecule has 1 aromatic carbocycles. The Morgan fingerprint density at radius 3 is 2.35 bits per heavy atom. The lowest BCUT2D eigenvalue weighted by Crippen LogP contribution is -2.67. The number of fused-ring (bicyclic) bond motifs is 3. The van der Waals surface area contributed by atoms with Crippen molar-refractivity contribution >= 4 is 5.78 Å². The van der Waals surface area contributed by atoms with E-state index in [1.165, 1.54) is 0 Å². The van der Waals surface area contributed by atoms with Gasteiger partial charge in [0.25, 0.3) is 0 Å². The first-order chi connectivity index (χ1) is 14.3. The van der Waals surface area contributed by atoms with E-state index in [-0.39, 0.29) is 33.7 Å². The fraction of sp³-hybridized carbons (Fsp3) is 0.741. The number of carbonyl (C=O) groups is 1. The maximum atomic E-state index is 12.8. The van der Waals surface area contributed by atoms with Crippen LogP contribution in [0.2, 0.25) is 0 Å². The maximum Gasteiger partial charge on any atom is 0.138 e. The van der Waals surface area contributed by atoms with Crippen molar-refractivity contribution in [3.63, 3.8) is 0 Å². The lowest BCUT2D eigenvalue weighted by Gasteiger charge is -2.68. The van der Waals surface area contributed by atoms with Gasteiger partial charge in [0.05, 0.1) is 5.60 Å². The fourth-order valence-corrected chi connectivity index (χ4v) is 8.37. The monoisotopic (exact) mass is 428 g/mol. The van der Waals surface area contributed by atoms with Crippen molar-refractivity contribution in [3.8, 4) is 11.5 Å². The van der Waals surface area contributed by atoms with Crippen molar-refractivity contribution in [2.24, 2.45) is 34.0 Å². The van der Waals surface area contributed by atoms with Gasteiger partial charge in [0.1, 0.15) is 17.3 Å². The van der Waals surface area contributed by atoms with Gasteiger partial charge in [0, 0.05) is 29.2 Å². The fourth-order valence-electron chi connectivity index (χ4n) is 8.37. The molecule has 3 aliphatic carbocycles. The molecule has 0 bridgehead atoms. The summed E-state index contributed by atoms with van der Waals surface area (Å²) in [4.78, 5) is 12.8. The topological polar surface area (TPSA) is 77.8 Å². The number of Topliss-reactive ketones (excluding diaryl/α,β-unsaturated/α-hetero) is 1. The number of ketones is 1. The first-order valence-electron chi connectivity index (χ1n) is 12.0. The van der Waals surface area contributed by atoms with E-state index in [1.54, 1.807) is 19.1 Å². The quantitative estimate of drug-likeness (QED) is 0.541. The van der Waals surface area contributed by atoms with E-state index in [0.29, 0.717) is 41.6 Å². The van der Waals surface area contributed by atoms with Crippen LogP contribution in [0.5, 0.6) is 11.5 Å². The predicted octanol–water partition coefficient (Wildman–Crippen LogP) is 5.54. The Bertz CT molecular complexity index is 905. The molecular weight excluding hydrogens is 388 g/mol. The zero-order chi connectivity index (χ0) is 23.0. The summed E-state index contributed by atoms with van der Waals surface area (Å²) in [6.07, 6.45) is 5.71. The molecule has 6 atom stereocenters. The highest BCUT2D eigenvalue weighted by Crippen LogP contribution is 2.69. The minimum absolute atomic E-state index is 0.0231. The summed E-state index contributed by atoms with van der Waals surface area (Å²) < 4.78 is 0. The second-order valence-corrected chi connectivity index (χ2v) is 12.1. The summed E-state index contributed by atoms with van der Waals surface area (Å²) >= 11 is 0. The van der Waals surface area contributed by atoms with Gasteiger partial charge in [-0.15, -0.1) is 0 Å². The molecule has 0 heterocycles. The molecule has 3 saturated carbocycles. The van der Waals surface area contributed by atoms with Crippen LogP contribution in [0.4, 0.5) is 0 Å². The molecule has 0 saturated heterocycles. The molecule has 172 valence electrons. The number of aliphatic hydroxyl groups is 1. The molecule has 4 nitrogen and oxygen atoms in total. The van der Waals surface area contributed by atoms with Crippen LogP contribution in [-0.2, 0) is 11.2 Å². The molecule has 1 aromatic rings. The van der Waals surface area contributed by atoms with E-state index in [4.69, 9.17) is 0 Å². The van der Waals surface area contributed by atoms with Crippen molar-refractivity contribution in [1.29, 1.82) is 0 Å². The van der Waals surface area contributed by atoms with Gasteiger partial charge in [-0.1, -0.05) is 34.6 Å². The molecule has 3 N–H and O–H groups in total. The van der Waals surface area contributed by atoms with Gasteiger partial charge in [-0.05, 0) is 79.9 Å². The van der Waals surface area contributed by atoms with Crippen LogP contribution in [-0.4, -0.2) is 26.7 Å². The summed E-state index contributed by atoms with van der Waals surface area (Å²) in [5, 5.41) is 33.2. The van der Waals surface area contributed by atoms with E-state index < -0.39 is 5.60 Å². The molecule has 0 aromatic heterocycles. The van der Waals surface area contributed by atoms with Gasteiger partial charge in [-0.25, -0.2) is 0 Å². The van der Waals surface area contributed by atoms with Crippen LogP contribution in [0.3, 0.4) is 0 Å². The Kier molecular flexibility index (Phi) is 5.09. The highest BCUT2D eigenvalue weighted by Gasteiger charge is 2.67. The molecule has 0 spiro atoms. The van der Waals surface area contributed by atoms with Gasteiger partial charge in [-0.2, -0.15) is 0 Å². The molecule has 4 rings (SSSR count). The summed E-state index contributed by atoms with van der Waals surface area (Å²) in [5.74, 6) is 1.45. The average molecular weight is 429 g/mol. The second-order valence-electron chi connectivity index (χ2n) is 12.1. The summed E-state index contributed by atoms with van der Waals surface area (Å²) in [7, 11) is 0. The Morgan fingerprint density at radius 1 is 1.00 bits per heavy atom. The van der Waals surface area contributed by atoms with Gasteiger partial charge in [-0.3, -0.25) is 4.79 Å².